The first-order chi connectivity index (χ1) is 14.4. The normalized spacial score (nSPS) is 12.2. The number of benzene rings is 2. The molecule has 0 fully saturated rings. The fraction of sp³-hybridized carbons (Fsp3) is 0.409. The number of hydrogen-bond acceptors (Lipinski definition) is 5. The number of nitro groups is 1. The Morgan fingerprint density at radius 3 is 2.39 bits per heavy atom. The molecule has 7 nitrogen and oxygen atoms in total. The summed E-state index contributed by atoms with van der Waals surface area (Å²) in [5.74, 6) is 0.120. The van der Waals surface area contributed by atoms with Gasteiger partial charge in [0.15, 0.2) is 5.75 Å². The minimum absolute atomic E-state index is 0.120. The van der Waals surface area contributed by atoms with Crippen molar-refractivity contribution in [3.63, 3.8) is 0 Å². The predicted molar refractivity (Wildman–Crippen MR) is 124 cm³/mol. The zero-order valence-corrected chi connectivity index (χ0v) is 20.5. The number of halogens is 2. The molecule has 1 atom stereocenters. The van der Waals surface area contributed by atoms with E-state index in [-0.39, 0.29) is 22.5 Å². The molecule has 31 heavy (non-hydrogen) atoms. The third kappa shape index (κ3) is 6.83. The summed E-state index contributed by atoms with van der Waals surface area (Å²) in [5.41, 5.74) is 0.730. The summed E-state index contributed by atoms with van der Waals surface area (Å²) in [6, 6.07) is 10.3. The molecule has 0 saturated carbocycles. The summed E-state index contributed by atoms with van der Waals surface area (Å²) in [7, 11) is 1.36. The standard InChI is InChI=1S/C22H26BrClN2O5/c1-14(15-6-8-17(23)9-7-15)25(21(27)31-22(2,3)4)11-10-16-12-20(30-5)19(26(28)29)13-18(16)24/h6-9,12-14H,10-11H2,1-5H3. The van der Waals surface area contributed by atoms with Gasteiger partial charge in [0.2, 0.25) is 0 Å². The van der Waals surface area contributed by atoms with E-state index >= 15 is 0 Å². The zero-order valence-electron chi connectivity index (χ0n) is 18.1. The maximum atomic E-state index is 13.0. The summed E-state index contributed by atoms with van der Waals surface area (Å²) in [6.45, 7) is 7.65. The number of carbonyl (C=O) groups is 1. The highest BCUT2D eigenvalue weighted by molar-refractivity contribution is 9.10. The molecule has 0 bridgehead atoms. The smallest absolute Gasteiger partial charge is 0.410 e. The van der Waals surface area contributed by atoms with Crippen LogP contribution in [0.3, 0.4) is 0 Å². The van der Waals surface area contributed by atoms with Crippen molar-refractivity contribution in [3.05, 3.63) is 67.1 Å². The fourth-order valence-electron chi connectivity index (χ4n) is 3.01. The van der Waals surface area contributed by atoms with Gasteiger partial charge in [-0.05, 0) is 63.4 Å². The Morgan fingerprint density at radius 2 is 1.87 bits per heavy atom. The largest absolute Gasteiger partial charge is 0.490 e. The molecule has 1 unspecified atom stereocenters. The summed E-state index contributed by atoms with van der Waals surface area (Å²) in [5, 5.41) is 11.4. The third-order valence-electron chi connectivity index (χ3n) is 4.61. The molecule has 0 aliphatic rings. The Hall–Kier alpha value is -2.32. The maximum absolute atomic E-state index is 13.0. The number of rotatable bonds is 7. The molecule has 0 aliphatic heterocycles. The summed E-state index contributed by atoms with van der Waals surface area (Å²) < 4.78 is 11.7. The van der Waals surface area contributed by atoms with E-state index < -0.39 is 16.6 Å². The first-order valence-corrected chi connectivity index (χ1v) is 10.9. The molecule has 1 amide bonds. The van der Waals surface area contributed by atoms with Gasteiger partial charge in [0.05, 0.1) is 23.1 Å². The van der Waals surface area contributed by atoms with Gasteiger partial charge in [0.1, 0.15) is 5.60 Å². The molecular weight excluding hydrogens is 488 g/mol. The molecule has 0 spiro atoms. The minimum Gasteiger partial charge on any atom is -0.490 e. The van der Waals surface area contributed by atoms with E-state index in [1.54, 1.807) is 4.90 Å². The number of methoxy groups -OCH3 is 1. The van der Waals surface area contributed by atoms with Crippen LogP contribution in [0.15, 0.2) is 40.9 Å². The van der Waals surface area contributed by atoms with Crippen molar-refractivity contribution in [2.45, 2.75) is 45.8 Å². The van der Waals surface area contributed by atoms with Crippen LogP contribution < -0.4 is 4.74 Å². The van der Waals surface area contributed by atoms with Crippen LogP contribution in [0, 0.1) is 10.1 Å². The number of nitrogens with zero attached hydrogens (tertiary/aromatic N) is 2. The first kappa shape index (κ1) is 24.9. The molecule has 0 N–H and O–H groups in total. The molecule has 2 rings (SSSR count). The summed E-state index contributed by atoms with van der Waals surface area (Å²) in [6.07, 6.45) is -0.0827. The lowest BCUT2D eigenvalue weighted by Crippen LogP contribution is -2.39. The number of ether oxygens (including phenoxy) is 2. The van der Waals surface area contributed by atoms with Crippen LogP contribution >= 0.6 is 27.5 Å². The van der Waals surface area contributed by atoms with Crippen LogP contribution in [0.4, 0.5) is 10.5 Å². The molecular formula is C22H26BrClN2O5. The van der Waals surface area contributed by atoms with Crippen LogP contribution in [-0.2, 0) is 11.2 Å². The van der Waals surface area contributed by atoms with E-state index in [9.17, 15) is 14.9 Å². The van der Waals surface area contributed by atoms with Crippen molar-refractivity contribution in [3.8, 4) is 5.75 Å². The molecule has 0 saturated heterocycles. The number of hydrogen-bond donors (Lipinski definition) is 0. The molecule has 0 aliphatic carbocycles. The van der Waals surface area contributed by atoms with Crippen molar-refractivity contribution in [1.82, 2.24) is 4.90 Å². The van der Waals surface area contributed by atoms with Crippen LogP contribution in [-0.4, -0.2) is 35.2 Å². The van der Waals surface area contributed by atoms with Crippen LogP contribution in [0.1, 0.15) is 44.9 Å². The van der Waals surface area contributed by atoms with Crippen LogP contribution in [0.5, 0.6) is 5.75 Å². The lowest BCUT2D eigenvalue weighted by Gasteiger charge is -2.32. The van der Waals surface area contributed by atoms with Gasteiger partial charge in [0.25, 0.3) is 0 Å². The van der Waals surface area contributed by atoms with Crippen molar-refractivity contribution in [2.75, 3.05) is 13.7 Å². The second-order valence-corrected chi connectivity index (χ2v) is 9.35. The van der Waals surface area contributed by atoms with Gasteiger partial charge in [-0.3, -0.25) is 10.1 Å². The second-order valence-electron chi connectivity index (χ2n) is 8.02. The van der Waals surface area contributed by atoms with Crippen molar-refractivity contribution in [2.24, 2.45) is 0 Å². The average Bonchev–Trinajstić information content (AvgIpc) is 2.67. The summed E-state index contributed by atoms with van der Waals surface area (Å²) in [4.78, 5) is 25.2. The van der Waals surface area contributed by atoms with Crippen molar-refractivity contribution in [1.29, 1.82) is 0 Å². The molecule has 0 radical (unpaired) electrons. The first-order valence-electron chi connectivity index (χ1n) is 9.69. The Labute approximate surface area is 195 Å². The van der Waals surface area contributed by atoms with E-state index in [0.717, 1.165) is 10.0 Å². The second kappa shape index (κ2) is 10.3. The van der Waals surface area contributed by atoms with Gasteiger partial charge < -0.3 is 14.4 Å². The zero-order chi connectivity index (χ0) is 23.3. The predicted octanol–water partition coefficient (Wildman–Crippen LogP) is 6.56. The van der Waals surface area contributed by atoms with E-state index in [4.69, 9.17) is 21.1 Å². The van der Waals surface area contributed by atoms with Crippen molar-refractivity contribution >= 4 is 39.3 Å². The monoisotopic (exact) mass is 512 g/mol. The molecule has 2 aromatic rings. The van der Waals surface area contributed by atoms with Crippen molar-refractivity contribution < 1.29 is 19.2 Å². The number of nitro benzene ring substituents is 1. The van der Waals surface area contributed by atoms with Gasteiger partial charge in [-0.15, -0.1) is 0 Å². The van der Waals surface area contributed by atoms with Gasteiger partial charge >= 0.3 is 11.8 Å². The Bertz CT molecular complexity index is 944. The summed E-state index contributed by atoms with van der Waals surface area (Å²) >= 11 is 9.71. The number of carbonyl (C=O) groups excluding carboxylic acids is 1. The van der Waals surface area contributed by atoms with E-state index in [2.05, 4.69) is 15.9 Å². The number of amides is 1. The van der Waals surface area contributed by atoms with Gasteiger partial charge in [0, 0.05) is 17.1 Å². The van der Waals surface area contributed by atoms with E-state index in [1.165, 1.54) is 19.2 Å². The third-order valence-corrected chi connectivity index (χ3v) is 5.50. The van der Waals surface area contributed by atoms with E-state index in [0.29, 0.717) is 18.5 Å². The molecule has 168 valence electrons. The molecule has 0 aromatic heterocycles. The highest BCUT2D eigenvalue weighted by Crippen LogP contribution is 2.34. The fourth-order valence-corrected chi connectivity index (χ4v) is 3.53. The average molecular weight is 514 g/mol. The topological polar surface area (TPSA) is 81.9 Å². The van der Waals surface area contributed by atoms with Crippen LogP contribution in [0.25, 0.3) is 0 Å². The van der Waals surface area contributed by atoms with Gasteiger partial charge in [-0.2, -0.15) is 0 Å². The maximum Gasteiger partial charge on any atom is 0.410 e. The lowest BCUT2D eigenvalue weighted by atomic mass is 10.1. The molecule has 0 heterocycles. The Kier molecular flexibility index (Phi) is 8.31. The minimum atomic E-state index is -0.650. The highest BCUT2D eigenvalue weighted by Gasteiger charge is 2.27. The Morgan fingerprint density at radius 1 is 1.26 bits per heavy atom. The van der Waals surface area contributed by atoms with Gasteiger partial charge in [-0.1, -0.05) is 39.7 Å². The van der Waals surface area contributed by atoms with Crippen LogP contribution in [0.2, 0.25) is 5.02 Å². The molecule has 9 heteroatoms. The lowest BCUT2D eigenvalue weighted by molar-refractivity contribution is -0.385. The highest BCUT2D eigenvalue weighted by atomic mass is 79.9. The quantitative estimate of drug-likeness (QED) is 0.309. The Balaban J connectivity index is 2.32. The SMILES string of the molecule is COc1cc(CCN(C(=O)OC(C)(C)C)C(C)c2ccc(Br)cc2)c(Cl)cc1[N+](=O)[O-]. The van der Waals surface area contributed by atoms with E-state index in [1.807, 2.05) is 52.0 Å². The van der Waals surface area contributed by atoms with Gasteiger partial charge in [-0.25, -0.2) is 4.79 Å². The molecule has 2 aromatic carbocycles.